The molecule has 2 aliphatic rings. The normalized spacial score (nSPS) is 13.1. The number of fused-ring (bicyclic) bond motifs is 6. The van der Waals surface area contributed by atoms with Crippen molar-refractivity contribution in [2.75, 3.05) is 0 Å². The number of halogens is 2. The van der Waals surface area contributed by atoms with Crippen molar-refractivity contribution in [1.29, 1.82) is 0 Å². The van der Waals surface area contributed by atoms with Crippen LogP contribution in [0.1, 0.15) is 128 Å². The molecule has 0 spiro atoms. The largest absolute Gasteiger partial charge is 4.00 e. The Hall–Kier alpha value is -2.38. The molecular formula is C42H50F2Zr. The molecule has 0 unspecified atom stereocenters. The Labute approximate surface area is 291 Å². The maximum Gasteiger partial charge on any atom is 4.00 e. The molecule has 0 amide bonds. The quantitative estimate of drug-likeness (QED) is 0.191. The molecule has 0 saturated heterocycles. The van der Waals surface area contributed by atoms with E-state index >= 15 is 0 Å². The maximum atomic E-state index is 3.67. The van der Waals surface area contributed by atoms with Crippen LogP contribution in [0.4, 0.5) is 0 Å². The predicted molar refractivity (Wildman–Crippen MR) is 182 cm³/mol. The van der Waals surface area contributed by atoms with Gasteiger partial charge < -0.3 is 9.41 Å². The Morgan fingerprint density at radius 2 is 0.733 bits per heavy atom. The Balaban J connectivity index is 0.000000294. The Bertz CT molecular complexity index is 1400. The molecule has 4 aromatic carbocycles. The summed E-state index contributed by atoms with van der Waals surface area (Å²) < 4.78 is 0. The van der Waals surface area contributed by atoms with Crippen LogP contribution < -0.4 is 9.41 Å². The third-order valence-corrected chi connectivity index (χ3v) is 8.93. The van der Waals surface area contributed by atoms with Gasteiger partial charge in [0.1, 0.15) is 0 Å². The van der Waals surface area contributed by atoms with Gasteiger partial charge in [-0.3, -0.25) is 0 Å². The first-order valence-corrected chi connectivity index (χ1v) is 15.7. The van der Waals surface area contributed by atoms with Gasteiger partial charge >= 0.3 is 26.2 Å². The molecule has 0 fully saturated rings. The van der Waals surface area contributed by atoms with E-state index in [2.05, 4.69) is 156 Å². The molecule has 0 radical (unpaired) electrons. The standard InChI is InChI=1S/2C21H25.2FH.Zr/c2*1-20(2,3)16-7-9-18-14(12-16)11-15-13-17(21(4,5)6)8-10-19(15)18;;;/h2*7-10,12H,11H2,1-6H3;2*1H;/q2*-1;;;+4/p-2. The zero-order valence-electron chi connectivity index (χ0n) is 29.4. The van der Waals surface area contributed by atoms with E-state index in [4.69, 9.17) is 0 Å². The van der Waals surface area contributed by atoms with E-state index in [9.17, 15) is 0 Å². The van der Waals surface area contributed by atoms with Crippen molar-refractivity contribution in [2.45, 2.75) is 118 Å². The summed E-state index contributed by atoms with van der Waals surface area (Å²) in [7, 11) is 0. The first-order chi connectivity index (χ1) is 19.3. The van der Waals surface area contributed by atoms with Crippen LogP contribution in [0.3, 0.4) is 0 Å². The molecule has 6 rings (SSSR count). The van der Waals surface area contributed by atoms with Gasteiger partial charge in [-0.25, -0.2) is 0 Å². The summed E-state index contributed by atoms with van der Waals surface area (Å²) in [4.78, 5) is 0. The summed E-state index contributed by atoms with van der Waals surface area (Å²) in [6.07, 6.45) is 2.05. The number of benzene rings is 4. The molecule has 0 nitrogen and oxygen atoms in total. The molecule has 0 atom stereocenters. The summed E-state index contributed by atoms with van der Waals surface area (Å²) in [5, 5.41) is 0. The van der Waals surface area contributed by atoms with Crippen LogP contribution in [0, 0.1) is 12.1 Å². The zero-order valence-corrected chi connectivity index (χ0v) is 31.9. The van der Waals surface area contributed by atoms with Crippen molar-refractivity contribution >= 4 is 0 Å². The molecule has 0 saturated carbocycles. The van der Waals surface area contributed by atoms with E-state index in [1.54, 1.807) is 0 Å². The molecule has 0 aliphatic heterocycles. The van der Waals surface area contributed by atoms with E-state index in [1.165, 1.54) is 66.8 Å². The third kappa shape index (κ3) is 8.14. The van der Waals surface area contributed by atoms with E-state index in [1.807, 2.05) is 0 Å². The van der Waals surface area contributed by atoms with Crippen LogP contribution in [0.2, 0.25) is 0 Å². The maximum absolute atomic E-state index is 3.67. The zero-order chi connectivity index (χ0) is 30.8. The van der Waals surface area contributed by atoms with Crippen LogP contribution in [0.5, 0.6) is 0 Å². The van der Waals surface area contributed by atoms with Gasteiger partial charge in [0, 0.05) is 0 Å². The van der Waals surface area contributed by atoms with E-state index in [0.29, 0.717) is 0 Å². The minimum atomic E-state index is 0. The monoisotopic (exact) mass is 682 g/mol. The van der Waals surface area contributed by atoms with Gasteiger partial charge in [-0.1, -0.05) is 131 Å². The van der Waals surface area contributed by atoms with Gasteiger partial charge in [0.05, 0.1) is 0 Å². The first kappa shape index (κ1) is 38.8. The molecule has 236 valence electrons. The van der Waals surface area contributed by atoms with Gasteiger partial charge in [-0.2, -0.15) is 47.5 Å². The molecule has 45 heavy (non-hydrogen) atoms. The van der Waals surface area contributed by atoms with Crippen molar-refractivity contribution < 1.29 is 35.6 Å². The van der Waals surface area contributed by atoms with Crippen LogP contribution in [0.15, 0.2) is 60.7 Å². The average Bonchev–Trinajstić information content (AvgIpc) is 3.43. The molecule has 2 aliphatic carbocycles. The molecule has 3 heteroatoms. The van der Waals surface area contributed by atoms with Crippen molar-refractivity contribution in [3.05, 3.63) is 117 Å². The smallest absolute Gasteiger partial charge is 1.00 e. The first-order valence-electron chi connectivity index (χ1n) is 15.7. The molecule has 0 heterocycles. The van der Waals surface area contributed by atoms with Crippen molar-refractivity contribution in [2.24, 2.45) is 0 Å². The number of hydrogen-bond donors (Lipinski definition) is 0. The van der Waals surface area contributed by atoms with E-state index in [-0.39, 0.29) is 57.3 Å². The SMILES string of the molecule is CC(C)(C)c1[c-]c2c(cc1)-c1ccc(C(C)(C)C)cc1C2.CC(C)(C)c1[c-]c2c(cc1)-c1ccc(C(C)(C)C)cc1C2.[F-].[F-].[Zr+4]. The minimum absolute atomic E-state index is 0. The van der Waals surface area contributed by atoms with Crippen molar-refractivity contribution in [3.63, 3.8) is 0 Å². The summed E-state index contributed by atoms with van der Waals surface area (Å²) in [5.41, 5.74) is 17.4. The van der Waals surface area contributed by atoms with Crippen LogP contribution in [-0.4, -0.2) is 0 Å². The summed E-state index contributed by atoms with van der Waals surface area (Å²) in [6, 6.07) is 30.3. The molecular weight excluding hydrogens is 634 g/mol. The summed E-state index contributed by atoms with van der Waals surface area (Å²) in [6.45, 7) is 27.2. The van der Waals surface area contributed by atoms with Gasteiger partial charge in [0.25, 0.3) is 0 Å². The predicted octanol–water partition coefficient (Wildman–Crippen LogP) is 5.31. The van der Waals surface area contributed by atoms with Gasteiger partial charge in [-0.15, -0.1) is 22.3 Å². The fraction of sp³-hybridized carbons (Fsp3) is 0.429. The molecule has 0 aromatic heterocycles. The van der Waals surface area contributed by atoms with Gasteiger partial charge in [-0.05, 0) is 56.8 Å². The number of hydrogen-bond acceptors (Lipinski definition) is 0. The van der Waals surface area contributed by atoms with Crippen LogP contribution in [0.25, 0.3) is 22.3 Å². The van der Waals surface area contributed by atoms with E-state index in [0.717, 1.165) is 12.8 Å². The second-order valence-electron chi connectivity index (χ2n) is 16.6. The topological polar surface area (TPSA) is 0 Å². The minimum Gasteiger partial charge on any atom is -1.00 e. The fourth-order valence-electron chi connectivity index (χ4n) is 6.06. The average molecular weight is 684 g/mol. The third-order valence-electron chi connectivity index (χ3n) is 8.93. The molecule has 4 aromatic rings. The summed E-state index contributed by atoms with van der Waals surface area (Å²) >= 11 is 0. The number of rotatable bonds is 0. The Morgan fingerprint density at radius 1 is 0.422 bits per heavy atom. The Kier molecular flexibility index (Phi) is 11.5. The molecule has 0 bridgehead atoms. The van der Waals surface area contributed by atoms with Crippen LogP contribution in [-0.2, 0) is 60.7 Å². The fourth-order valence-corrected chi connectivity index (χ4v) is 6.06. The Morgan fingerprint density at radius 3 is 1.02 bits per heavy atom. The molecule has 0 N–H and O–H groups in total. The van der Waals surface area contributed by atoms with Gasteiger partial charge in [0.15, 0.2) is 0 Å². The van der Waals surface area contributed by atoms with Crippen molar-refractivity contribution in [1.82, 2.24) is 0 Å². The van der Waals surface area contributed by atoms with Crippen LogP contribution >= 0.6 is 0 Å². The van der Waals surface area contributed by atoms with Crippen molar-refractivity contribution in [3.8, 4) is 22.3 Å². The second-order valence-corrected chi connectivity index (χ2v) is 16.6. The second kappa shape index (κ2) is 13.4. The van der Waals surface area contributed by atoms with Gasteiger partial charge in [0.2, 0.25) is 0 Å². The summed E-state index contributed by atoms with van der Waals surface area (Å²) in [5.74, 6) is 0. The van der Waals surface area contributed by atoms with E-state index < -0.39 is 0 Å².